The van der Waals surface area contributed by atoms with Gasteiger partial charge in [-0.25, -0.2) is 0 Å². The monoisotopic (exact) mass is 288 g/mol. The highest BCUT2D eigenvalue weighted by Crippen LogP contribution is 2.18. The van der Waals surface area contributed by atoms with E-state index in [9.17, 15) is 9.90 Å². The molecule has 112 valence electrons. The number of rotatable bonds is 6. The topological polar surface area (TPSA) is 63.5 Å². The minimum Gasteiger partial charge on any atom is -0.493 e. The Kier molecular flexibility index (Phi) is 5.00. The third-order valence-electron chi connectivity index (χ3n) is 3.21. The Labute approximate surface area is 124 Å². The maximum Gasteiger partial charge on any atom is 0.255 e. The van der Waals surface area contributed by atoms with Crippen LogP contribution in [0.15, 0.2) is 42.6 Å². The van der Waals surface area contributed by atoms with Crippen LogP contribution in [0.1, 0.15) is 29.1 Å². The summed E-state index contributed by atoms with van der Waals surface area (Å²) in [4.78, 5) is 12.2. The van der Waals surface area contributed by atoms with Crippen molar-refractivity contribution in [1.82, 2.24) is 9.88 Å². The van der Waals surface area contributed by atoms with Crippen LogP contribution in [0.25, 0.3) is 0 Å². The Morgan fingerprint density at radius 3 is 2.76 bits per heavy atom. The number of benzene rings is 1. The van der Waals surface area contributed by atoms with Gasteiger partial charge in [-0.1, -0.05) is 12.1 Å². The summed E-state index contributed by atoms with van der Waals surface area (Å²) in [7, 11) is 1.85. The predicted octanol–water partition coefficient (Wildman–Crippen LogP) is 1.89. The van der Waals surface area contributed by atoms with Crippen LogP contribution in [-0.2, 0) is 7.05 Å². The summed E-state index contributed by atoms with van der Waals surface area (Å²) in [5.74, 6) is 0.290. The normalized spacial score (nSPS) is 12.0. The summed E-state index contributed by atoms with van der Waals surface area (Å²) in [6, 6.07) is 10.7. The first kappa shape index (κ1) is 15.1. The van der Waals surface area contributed by atoms with Gasteiger partial charge in [0.2, 0.25) is 0 Å². The van der Waals surface area contributed by atoms with Gasteiger partial charge in [0.25, 0.3) is 5.91 Å². The van der Waals surface area contributed by atoms with E-state index in [1.165, 1.54) is 0 Å². The van der Waals surface area contributed by atoms with Crippen molar-refractivity contribution in [2.75, 3.05) is 13.2 Å². The number of aryl methyl sites for hydroxylation is 1. The molecule has 0 saturated heterocycles. The number of nitrogens with one attached hydrogen (secondary N) is 1. The standard InChI is InChI=1S/C16H20N2O3/c1-3-21-15-9-5-4-7-12(15)16(20)17-11-14(19)13-8-6-10-18(13)2/h4-10,14,19H,3,11H2,1-2H3,(H,17,20). The zero-order valence-corrected chi connectivity index (χ0v) is 12.2. The number of carbonyl (C=O) groups excluding carboxylic acids is 1. The number of amides is 1. The zero-order valence-electron chi connectivity index (χ0n) is 12.2. The lowest BCUT2D eigenvalue weighted by Gasteiger charge is -2.14. The average molecular weight is 288 g/mol. The van der Waals surface area contributed by atoms with Crippen molar-refractivity contribution >= 4 is 5.91 Å². The van der Waals surface area contributed by atoms with Crippen molar-refractivity contribution in [3.63, 3.8) is 0 Å². The molecular formula is C16H20N2O3. The van der Waals surface area contributed by atoms with Crippen molar-refractivity contribution in [3.05, 3.63) is 53.9 Å². The van der Waals surface area contributed by atoms with Crippen molar-refractivity contribution in [3.8, 4) is 5.75 Å². The molecule has 1 aromatic carbocycles. The summed E-state index contributed by atoms with van der Waals surface area (Å²) in [5.41, 5.74) is 1.23. The van der Waals surface area contributed by atoms with Crippen LogP contribution in [0.3, 0.4) is 0 Å². The highest BCUT2D eigenvalue weighted by Gasteiger charge is 2.15. The van der Waals surface area contributed by atoms with Gasteiger partial charge in [-0.3, -0.25) is 4.79 Å². The van der Waals surface area contributed by atoms with Gasteiger partial charge in [-0.2, -0.15) is 0 Å². The van der Waals surface area contributed by atoms with Gasteiger partial charge in [0, 0.05) is 25.5 Å². The zero-order chi connectivity index (χ0) is 15.2. The molecule has 5 nitrogen and oxygen atoms in total. The number of nitrogens with zero attached hydrogens (tertiary/aromatic N) is 1. The molecule has 1 atom stereocenters. The lowest BCUT2D eigenvalue weighted by Crippen LogP contribution is -2.29. The second-order valence-electron chi connectivity index (χ2n) is 4.70. The first-order valence-corrected chi connectivity index (χ1v) is 6.92. The van der Waals surface area contributed by atoms with Crippen LogP contribution in [0.4, 0.5) is 0 Å². The van der Waals surface area contributed by atoms with E-state index in [-0.39, 0.29) is 12.5 Å². The summed E-state index contributed by atoms with van der Waals surface area (Å²) in [5, 5.41) is 12.8. The second-order valence-corrected chi connectivity index (χ2v) is 4.70. The molecule has 0 fully saturated rings. The third-order valence-corrected chi connectivity index (χ3v) is 3.21. The van der Waals surface area contributed by atoms with Gasteiger partial charge in [-0.05, 0) is 31.2 Å². The quantitative estimate of drug-likeness (QED) is 0.853. The molecule has 0 bridgehead atoms. The molecule has 5 heteroatoms. The van der Waals surface area contributed by atoms with Crippen molar-refractivity contribution in [2.24, 2.45) is 7.05 Å². The van der Waals surface area contributed by atoms with Crippen LogP contribution >= 0.6 is 0 Å². The maximum absolute atomic E-state index is 12.2. The number of carbonyl (C=O) groups is 1. The fourth-order valence-electron chi connectivity index (χ4n) is 2.15. The van der Waals surface area contributed by atoms with E-state index in [0.29, 0.717) is 17.9 Å². The first-order chi connectivity index (χ1) is 10.1. The van der Waals surface area contributed by atoms with E-state index in [1.54, 1.807) is 18.2 Å². The lowest BCUT2D eigenvalue weighted by atomic mass is 10.1. The number of aliphatic hydroxyl groups is 1. The van der Waals surface area contributed by atoms with Gasteiger partial charge in [0.15, 0.2) is 0 Å². The van der Waals surface area contributed by atoms with Gasteiger partial charge >= 0.3 is 0 Å². The fourth-order valence-corrected chi connectivity index (χ4v) is 2.15. The molecule has 0 aliphatic heterocycles. The highest BCUT2D eigenvalue weighted by molar-refractivity contribution is 5.96. The van der Waals surface area contributed by atoms with Gasteiger partial charge < -0.3 is 19.7 Å². The van der Waals surface area contributed by atoms with Gasteiger partial charge in [0.1, 0.15) is 11.9 Å². The van der Waals surface area contributed by atoms with Crippen LogP contribution < -0.4 is 10.1 Å². The minimum absolute atomic E-state index is 0.150. The molecule has 1 unspecified atom stereocenters. The number of ether oxygens (including phenoxy) is 1. The summed E-state index contributed by atoms with van der Waals surface area (Å²) in [6.45, 7) is 2.52. The van der Waals surface area contributed by atoms with E-state index >= 15 is 0 Å². The number of hydrogen-bond acceptors (Lipinski definition) is 3. The van der Waals surface area contributed by atoms with E-state index in [4.69, 9.17) is 4.74 Å². The molecule has 2 rings (SSSR count). The maximum atomic E-state index is 12.2. The number of para-hydroxylation sites is 1. The Morgan fingerprint density at radius 2 is 2.10 bits per heavy atom. The molecule has 0 radical (unpaired) electrons. The molecule has 1 amide bonds. The summed E-state index contributed by atoms with van der Waals surface area (Å²) < 4.78 is 7.25. The molecule has 0 spiro atoms. The van der Waals surface area contributed by atoms with Crippen LogP contribution in [0.2, 0.25) is 0 Å². The van der Waals surface area contributed by atoms with Crippen LogP contribution in [-0.4, -0.2) is 28.7 Å². The molecule has 0 saturated carbocycles. The molecular weight excluding hydrogens is 268 g/mol. The Bertz CT molecular complexity index is 607. The Morgan fingerprint density at radius 1 is 1.33 bits per heavy atom. The third kappa shape index (κ3) is 3.64. The largest absolute Gasteiger partial charge is 0.493 e. The molecule has 21 heavy (non-hydrogen) atoms. The molecule has 0 aliphatic rings. The fraction of sp³-hybridized carbons (Fsp3) is 0.312. The number of hydrogen-bond donors (Lipinski definition) is 2. The SMILES string of the molecule is CCOc1ccccc1C(=O)NCC(O)c1cccn1C. The summed E-state index contributed by atoms with van der Waals surface area (Å²) >= 11 is 0. The first-order valence-electron chi connectivity index (χ1n) is 6.92. The van der Waals surface area contributed by atoms with Gasteiger partial charge in [-0.15, -0.1) is 0 Å². The molecule has 0 aliphatic carbocycles. The number of aromatic nitrogens is 1. The van der Waals surface area contributed by atoms with E-state index in [2.05, 4.69) is 5.32 Å². The van der Waals surface area contributed by atoms with Crippen LogP contribution in [0, 0.1) is 0 Å². The number of aliphatic hydroxyl groups excluding tert-OH is 1. The molecule has 2 N–H and O–H groups in total. The molecule has 2 aromatic rings. The van der Waals surface area contributed by atoms with Crippen LogP contribution in [0.5, 0.6) is 5.75 Å². The lowest BCUT2D eigenvalue weighted by molar-refractivity contribution is 0.0908. The van der Waals surface area contributed by atoms with E-state index in [1.807, 2.05) is 42.9 Å². The average Bonchev–Trinajstić information content (AvgIpc) is 2.91. The minimum atomic E-state index is -0.742. The van der Waals surface area contributed by atoms with E-state index in [0.717, 1.165) is 5.69 Å². The van der Waals surface area contributed by atoms with E-state index < -0.39 is 6.10 Å². The molecule has 1 aromatic heterocycles. The second kappa shape index (κ2) is 6.95. The van der Waals surface area contributed by atoms with Gasteiger partial charge in [0.05, 0.1) is 12.2 Å². The Hall–Kier alpha value is -2.27. The smallest absolute Gasteiger partial charge is 0.255 e. The van der Waals surface area contributed by atoms with Crippen molar-refractivity contribution in [1.29, 1.82) is 0 Å². The van der Waals surface area contributed by atoms with Crippen molar-refractivity contribution in [2.45, 2.75) is 13.0 Å². The Balaban J connectivity index is 2.00. The highest BCUT2D eigenvalue weighted by atomic mass is 16.5. The molecule has 1 heterocycles. The van der Waals surface area contributed by atoms with Crippen molar-refractivity contribution < 1.29 is 14.6 Å². The predicted molar refractivity (Wildman–Crippen MR) is 80.3 cm³/mol. The summed E-state index contributed by atoms with van der Waals surface area (Å²) in [6.07, 6.45) is 1.11.